The van der Waals surface area contributed by atoms with Crippen molar-refractivity contribution in [2.75, 3.05) is 0 Å². The molecule has 0 unspecified atom stereocenters. The third kappa shape index (κ3) is 3.50. The molecule has 0 aliphatic rings. The molecule has 0 spiro atoms. The second-order valence-corrected chi connectivity index (χ2v) is 11.3. The zero-order valence-electron chi connectivity index (χ0n) is 11.3. The maximum Gasteiger partial charge on any atom is 0.326 e. The van der Waals surface area contributed by atoms with E-state index in [1.165, 1.54) is 0 Å². The van der Waals surface area contributed by atoms with Crippen molar-refractivity contribution >= 4 is 37.5 Å². The summed E-state index contributed by atoms with van der Waals surface area (Å²) in [7, 11) is -2.14. The van der Waals surface area contributed by atoms with Crippen LogP contribution in [0.25, 0.3) is 0 Å². The van der Waals surface area contributed by atoms with E-state index in [0.717, 1.165) is 0 Å². The summed E-state index contributed by atoms with van der Waals surface area (Å²) in [5.74, 6) is -0.394. The van der Waals surface area contributed by atoms with Gasteiger partial charge in [-0.15, -0.1) is 0 Å². The van der Waals surface area contributed by atoms with E-state index in [1.807, 2.05) is 13.1 Å². The van der Waals surface area contributed by atoms with Gasteiger partial charge in [0, 0.05) is 5.02 Å². The van der Waals surface area contributed by atoms with Crippen molar-refractivity contribution < 1.29 is 9.22 Å². The number of rotatable bonds is 2. The zero-order valence-corrected chi connectivity index (χ0v) is 13.8. The predicted octanol–water partition coefficient (Wildman–Crippen LogP) is 5.16. The highest BCUT2D eigenvalue weighted by Gasteiger charge is 2.40. The third-order valence-corrected chi connectivity index (χ3v) is 8.18. The highest BCUT2D eigenvalue weighted by atomic mass is 35.5. The topological polar surface area (TPSA) is 26.3 Å². The Hall–Kier alpha value is -0.513. The van der Waals surface area contributed by atoms with Gasteiger partial charge in [0.25, 0.3) is 8.32 Å². The Balaban J connectivity index is 3.00. The van der Waals surface area contributed by atoms with Crippen molar-refractivity contribution in [3.05, 3.63) is 33.8 Å². The van der Waals surface area contributed by atoms with Gasteiger partial charge in [-0.05, 0) is 36.3 Å². The van der Waals surface area contributed by atoms with Crippen molar-refractivity contribution in [2.24, 2.45) is 0 Å². The van der Waals surface area contributed by atoms with Crippen LogP contribution >= 0.6 is 23.2 Å². The number of halogens is 2. The number of benzene rings is 1. The molecule has 0 N–H and O–H groups in total. The molecule has 0 fully saturated rings. The minimum absolute atomic E-state index is 0.0340. The summed E-state index contributed by atoms with van der Waals surface area (Å²) in [6, 6.07) is 4.79. The van der Waals surface area contributed by atoms with Crippen molar-refractivity contribution in [3.8, 4) is 0 Å². The van der Waals surface area contributed by atoms with Crippen molar-refractivity contribution in [1.82, 2.24) is 0 Å². The molecule has 0 saturated carbocycles. The van der Waals surface area contributed by atoms with Gasteiger partial charge in [0.2, 0.25) is 0 Å². The van der Waals surface area contributed by atoms with Crippen LogP contribution in [0.5, 0.6) is 0 Å². The van der Waals surface area contributed by atoms with E-state index in [4.69, 9.17) is 27.6 Å². The fourth-order valence-corrected chi connectivity index (χ4v) is 2.34. The Morgan fingerprint density at radius 2 is 1.78 bits per heavy atom. The van der Waals surface area contributed by atoms with Crippen molar-refractivity contribution in [3.63, 3.8) is 0 Å². The molecule has 0 bridgehead atoms. The Morgan fingerprint density at radius 3 is 2.28 bits per heavy atom. The maximum atomic E-state index is 12.1. The van der Waals surface area contributed by atoms with Gasteiger partial charge < -0.3 is 4.43 Å². The van der Waals surface area contributed by atoms with Gasteiger partial charge in [0.1, 0.15) is 0 Å². The highest BCUT2D eigenvalue weighted by Crippen LogP contribution is 2.37. The molecule has 100 valence electrons. The first-order chi connectivity index (χ1) is 8.04. The summed E-state index contributed by atoms with van der Waals surface area (Å²) in [4.78, 5) is 12.1. The molecular formula is C13H18Cl2O2Si. The molecular weight excluding hydrogens is 287 g/mol. The van der Waals surface area contributed by atoms with Gasteiger partial charge >= 0.3 is 5.97 Å². The SMILES string of the molecule is CC(C)(C)[Si](C)(C)OC(=O)c1cc(Cl)ccc1Cl. The highest BCUT2D eigenvalue weighted by molar-refractivity contribution is 6.75. The molecule has 0 amide bonds. The molecule has 0 heterocycles. The summed E-state index contributed by atoms with van der Waals surface area (Å²) < 4.78 is 5.68. The summed E-state index contributed by atoms with van der Waals surface area (Å²) in [5, 5.41) is 0.804. The van der Waals surface area contributed by atoms with Crippen LogP contribution in [0.15, 0.2) is 18.2 Å². The zero-order chi connectivity index (χ0) is 14.1. The van der Waals surface area contributed by atoms with E-state index in [9.17, 15) is 4.79 Å². The van der Waals surface area contributed by atoms with Gasteiger partial charge in [-0.3, -0.25) is 0 Å². The van der Waals surface area contributed by atoms with E-state index in [0.29, 0.717) is 15.6 Å². The van der Waals surface area contributed by atoms with Crippen LogP contribution < -0.4 is 0 Å². The lowest BCUT2D eigenvalue weighted by Crippen LogP contribution is -2.42. The first-order valence-electron chi connectivity index (χ1n) is 5.73. The third-order valence-electron chi connectivity index (χ3n) is 3.30. The van der Waals surface area contributed by atoms with E-state index >= 15 is 0 Å². The van der Waals surface area contributed by atoms with Gasteiger partial charge in [-0.2, -0.15) is 0 Å². The lowest BCUT2D eigenvalue weighted by atomic mass is 10.2. The number of hydrogen-bond acceptors (Lipinski definition) is 2. The molecule has 0 aromatic heterocycles. The summed E-state index contributed by atoms with van der Waals surface area (Å²) in [6.45, 7) is 10.3. The van der Waals surface area contributed by atoms with Crippen LogP contribution in [0.4, 0.5) is 0 Å². The van der Waals surface area contributed by atoms with Crippen molar-refractivity contribution in [2.45, 2.75) is 38.9 Å². The maximum absolute atomic E-state index is 12.1. The van der Waals surface area contributed by atoms with E-state index in [1.54, 1.807) is 18.2 Å². The predicted molar refractivity (Wildman–Crippen MR) is 79.1 cm³/mol. The minimum Gasteiger partial charge on any atom is -0.516 e. The van der Waals surface area contributed by atoms with Crippen LogP contribution in [-0.4, -0.2) is 14.3 Å². The number of carbonyl (C=O) groups excluding carboxylic acids is 1. The van der Waals surface area contributed by atoms with Gasteiger partial charge in [0.05, 0.1) is 10.6 Å². The molecule has 2 nitrogen and oxygen atoms in total. The molecule has 1 aromatic carbocycles. The summed E-state index contributed by atoms with van der Waals surface area (Å²) in [5.41, 5.74) is 0.328. The normalized spacial score (nSPS) is 12.4. The van der Waals surface area contributed by atoms with Gasteiger partial charge in [0.15, 0.2) is 0 Å². The average molecular weight is 305 g/mol. The molecule has 0 aliphatic carbocycles. The first-order valence-corrected chi connectivity index (χ1v) is 9.39. The smallest absolute Gasteiger partial charge is 0.326 e. The Kier molecular flexibility index (Phi) is 4.52. The Bertz CT molecular complexity index is 465. The molecule has 0 atom stereocenters. The van der Waals surface area contributed by atoms with Crippen LogP contribution in [0, 0.1) is 0 Å². The number of carbonyl (C=O) groups is 1. The second kappa shape index (κ2) is 5.23. The van der Waals surface area contributed by atoms with E-state index < -0.39 is 14.3 Å². The number of hydrogen-bond donors (Lipinski definition) is 0. The summed E-state index contributed by atoms with van der Waals surface area (Å²) >= 11 is 11.9. The lowest BCUT2D eigenvalue weighted by Gasteiger charge is -2.35. The van der Waals surface area contributed by atoms with Crippen LogP contribution in [0.2, 0.25) is 28.2 Å². The molecule has 0 aliphatic heterocycles. The van der Waals surface area contributed by atoms with Crippen LogP contribution in [-0.2, 0) is 4.43 Å². The Morgan fingerprint density at radius 1 is 1.22 bits per heavy atom. The van der Waals surface area contributed by atoms with E-state index in [-0.39, 0.29) is 5.04 Å². The molecule has 18 heavy (non-hydrogen) atoms. The Labute approximate surface area is 119 Å². The van der Waals surface area contributed by atoms with Gasteiger partial charge in [-0.1, -0.05) is 44.0 Å². The first kappa shape index (κ1) is 15.5. The molecule has 0 radical (unpaired) electrons. The lowest BCUT2D eigenvalue weighted by molar-refractivity contribution is 0.0713. The fourth-order valence-electron chi connectivity index (χ4n) is 1.09. The van der Waals surface area contributed by atoms with Crippen LogP contribution in [0.3, 0.4) is 0 Å². The fraction of sp³-hybridized carbons (Fsp3) is 0.462. The quantitative estimate of drug-likeness (QED) is 0.706. The molecule has 5 heteroatoms. The largest absolute Gasteiger partial charge is 0.516 e. The minimum atomic E-state index is -2.14. The summed E-state index contributed by atoms with van der Waals surface area (Å²) in [6.07, 6.45) is 0. The van der Waals surface area contributed by atoms with Gasteiger partial charge in [-0.25, -0.2) is 4.79 Å². The molecule has 1 rings (SSSR count). The molecule has 0 saturated heterocycles. The second-order valence-electron chi connectivity index (χ2n) is 5.77. The van der Waals surface area contributed by atoms with E-state index in [2.05, 4.69) is 20.8 Å². The standard InChI is InChI=1S/C13H18Cl2O2Si/c1-13(2,3)18(4,5)17-12(16)10-8-9(14)6-7-11(10)15/h6-8H,1-5H3. The van der Waals surface area contributed by atoms with Crippen LogP contribution in [0.1, 0.15) is 31.1 Å². The van der Waals surface area contributed by atoms with Crippen molar-refractivity contribution in [1.29, 1.82) is 0 Å². The average Bonchev–Trinajstić information content (AvgIpc) is 2.19. The molecule has 1 aromatic rings. The monoisotopic (exact) mass is 304 g/mol.